The first-order chi connectivity index (χ1) is 10.2. The SMILES string of the molecule is O=C(CSc1ccc(O)cc1)NCCOc1ccccc1. The van der Waals surface area contributed by atoms with E-state index in [9.17, 15) is 4.79 Å². The van der Waals surface area contributed by atoms with Crippen molar-refractivity contribution < 1.29 is 14.6 Å². The van der Waals surface area contributed by atoms with Gasteiger partial charge in [0.15, 0.2) is 0 Å². The summed E-state index contributed by atoms with van der Waals surface area (Å²) in [4.78, 5) is 12.6. The van der Waals surface area contributed by atoms with Crippen LogP contribution in [0.15, 0.2) is 59.5 Å². The minimum absolute atomic E-state index is 0.0373. The van der Waals surface area contributed by atoms with E-state index in [2.05, 4.69) is 5.32 Å². The summed E-state index contributed by atoms with van der Waals surface area (Å²) in [6.07, 6.45) is 0. The lowest BCUT2D eigenvalue weighted by molar-refractivity contribution is -0.118. The number of phenolic OH excluding ortho intramolecular Hbond substituents is 1. The molecule has 0 bridgehead atoms. The van der Waals surface area contributed by atoms with Crippen molar-refractivity contribution in [3.63, 3.8) is 0 Å². The molecular formula is C16H17NO3S. The van der Waals surface area contributed by atoms with Crippen LogP contribution in [0.2, 0.25) is 0 Å². The van der Waals surface area contributed by atoms with Gasteiger partial charge in [0.2, 0.25) is 5.91 Å². The third kappa shape index (κ3) is 5.79. The fourth-order valence-corrected chi connectivity index (χ4v) is 2.35. The Labute approximate surface area is 128 Å². The Bertz CT molecular complexity index is 557. The highest BCUT2D eigenvalue weighted by Crippen LogP contribution is 2.20. The van der Waals surface area contributed by atoms with E-state index in [1.165, 1.54) is 11.8 Å². The van der Waals surface area contributed by atoms with E-state index in [4.69, 9.17) is 9.84 Å². The molecule has 2 rings (SSSR count). The minimum Gasteiger partial charge on any atom is -0.508 e. The van der Waals surface area contributed by atoms with Gasteiger partial charge < -0.3 is 15.2 Å². The number of nitrogens with one attached hydrogen (secondary N) is 1. The molecule has 5 heteroatoms. The summed E-state index contributed by atoms with van der Waals surface area (Å²) in [5.41, 5.74) is 0. The number of phenols is 1. The van der Waals surface area contributed by atoms with Gasteiger partial charge in [-0.05, 0) is 36.4 Å². The van der Waals surface area contributed by atoms with Crippen LogP contribution in [-0.2, 0) is 4.79 Å². The summed E-state index contributed by atoms with van der Waals surface area (Å²) in [6, 6.07) is 16.3. The number of ether oxygens (including phenoxy) is 1. The van der Waals surface area contributed by atoms with Crippen molar-refractivity contribution in [3.8, 4) is 11.5 Å². The second kappa shape index (κ2) is 8.21. The molecule has 2 N–H and O–H groups in total. The highest BCUT2D eigenvalue weighted by molar-refractivity contribution is 8.00. The first-order valence-corrected chi connectivity index (χ1v) is 7.59. The van der Waals surface area contributed by atoms with Crippen molar-refractivity contribution in [3.05, 3.63) is 54.6 Å². The third-order valence-electron chi connectivity index (χ3n) is 2.64. The average molecular weight is 303 g/mol. The van der Waals surface area contributed by atoms with Gasteiger partial charge in [-0.2, -0.15) is 0 Å². The number of para-hydroxylation sites is 1. The van der Waals surface area contributed by atoms with E-state index in [1.54, 1.807) is 24.3 Å². The van der Waals surface area contributed by atoms with Crippen LogP contribution >= 0.6 is 11.8 Å². The van der Waals surface area contributed by atoms with Crippen LogP contribution in [0.4, 0.5) is 0 Å². The summed E-state index contributed by atoms with van der Waals surface area (Å²) in [5.74, 6) is 1.33. The summed E-state index contributed by atoms with van der Waals surface area (Å²) >= 11 is 1.43. The van der Waals surface area contributed by atoms with Crippen molar-refractivity contribution in [2.45, 2.75) is 4.90 Å². The summed E-state index contributed by atoms with van der Waals surface area (Å²) in [7, 11) is 0. The van der Waals surface area contributed by atoms with Gasteiger partial charge in [0, 0.05) is 4.90 Å². The predicted octanol–water partition coefficient (Wildman–Crippen LogP) is 2.68. The standard InChI is InChI=1S/C16H17NO3S/c18-13-6-8-15(9-7-13)21-12-16(19)17-10-11-20-14-4-2-1-3-5-14/h1-9,18H,10-12H2,(H,17,19). The lowest BCUT2D eigenvalue weighted by Crippen LogP contribution is -2.29. The fraction of sp³-hybridized carbons (Fsp3) is 0.188. The van der Waals surface area contributed by atoms with Gasteiger partial charge in [0.05, 0.1) is 12.3 Å². The van der Waals surface area contributed by atoms with Crippen LogP contribution in [0.25, 0.3) is 0 Å². The molecule has 0 aliphatic carbocycles. The highest BCUT2D eigenvalue weighted by atomic mass is 32.2. The molecule has 110 valence electrons. The maximum absolute atomic E-state index is 11.7. The number of benzene rings is 2. The summed E-state index contributed by atoms with van der Waals surface area (Å²) in [6.45, 7) is 0.920. The topological polar surface area (TPSA) is 58.6 Å². The molecule has 0 saturated heterocycles. The van der Waals surface area contributed by atoms with Crippen LogP contribution in [-0.4, -0.2) is 29.9 Å². The number of aromatic hydroxyl groups is 1. The minimum atomic E-state index is -0.0373. The zero-order valence-electron chi connectivity index (χ0n) is 11.5. The summed E-state index contributed by atoms with van der Waals surface area (Å²) in [5, 5.41) is 12.0. The predicted molar refractivity (Wildman–Crippen MR) is 83.8 cm³/mol. The van der Waals surface area contributed by atoms with Crippen molar-refractivity contribution in [2.75, 3.05) is 18.9 Å². The zero-order valence-corrected chi connectivity index (χ0v) is 12.3. The van der Waals surface area contributed by atoms with E-state index < -0.39 is 0 Å². The smallest absolute Gasteiger partial charge is 0.230 e. The first-order valence-electron chi connectivity index (χ1n) is 6.60. The van der Waals surface area contributed by atoms with Crippen LogP contribution < -0.4 is 10.1 Å². The number of thioether (sulfide) groups is 1. The maximum Gasteiger partial charge on any atom is 0.230 e. The van der Waals surface area contributed by atoms with Gasteiger partial charge in [0.25, 0.3) is 0 Å². The van der Waals surface area contributed by atoms with Crippen LogP contribution in [0.1, 0.15) is 0 Å². The lowest BCUT2D eigenvalue weighted by Gasteiger charge is -2.07. The number of amides is 1. The Balaban J connectivity index is 1.60. The molecule has 0 heterocycles. The molecule has 0 atom stereocenters. The molecule has 0 aliphatic heterocycles. The highest BCUT2D eigenvalue weighted by Gasteiger charge is 2.02. The van der Waals surface area contributed by atoms with Crippen LogP contribution in [0, 0.1) is 0 Å². The third-order valence-corrected chi connectivity index (χ3v) is 3.65. The molecular weight excluding hydrogens is 286 g/mol. The molecule has 0 fully saturated rings. The molecule has 0 spiro atoms. The van der Waals surface area contributed by atoms with E-state index in [0.717, 1.165) is 10.6 Å². The maximum atomic E-state index is 11.7. The lowest BCUT2D eigenvalue weighted by atomic mass is 10.3. The Morgan fingerprint density at radius 3 is 2.52 bits per heavy atom. The van der Waals surface area contributed by atoms with Gasteiger partial charge in [-0.1, -0.05) is 18.2 Å². The van der Waals surface area contributed by atoms with Crippen molar-refractivity contribution in [2.24, 2.45) is 0 Å². The number of carbonyl (C=O) groups excluding carboxylic acids is 1. The molecule has 2 aromatic rings. The number of rotatable bonds is 7. The summed E-state index contributed by atoms with van der Waals surface area (Å²) < 4.78 is 5.48. The quantitative estimate of drug-likeness (QED) is 0.610. The van der Waals surface area contributed by atoms with E-state index in [-0.39, 0.29) is 11.7 Å². The number of carbonyl (C=O) groups is 1. The van der Waals surface area contributed by atoms with Crippen LogP contribution in [0.5, 0.6) is 11.5 Å². The van der Waals surface area contributed by atoms with Gasteiger partial charge in [-0.25, -0.2) is 0 Å². The Kier molecular flexibility index (Phi) is 5.97. The van der Waals surface area contributed by atoms with Crippen LogP contribution in [0.3, 0.4) is 0 Å². The molecule has 0 unspecified atom stereocenters. The second-order valence-corrected chi connectivity index (χ2v) is 5.34. The van der Waals surface area contributed by atoms with Crippen molar-refractivity contribution in [1.82, 2.24) is 5.32 Å². The number of hydrogen-bond donors (Lipinski definition) is 2. The molecule has 1 amide bonds. The molecule has 0 aliphatic rings. The van der Waals surface area contributed by atoms with Gasteiger partial charge in [0.1, 0.15) is 18.1 Å². The zero-order chi connectivity index (χ0) is 14.9. The molecule has 0 saturated carbocycles. The number of hydrogen-bond acceptors (Lipinski definition) is 4. The van der Waals surface area contributed by atoms with Gasteiger partial charge >= 0.3 is 0 Å². The Morgan fingerprint density at radius 2 is 1.81 bits per heavy atom. The largest absolute Gasteiger partial charge is 0.508 e. The molecule has 21 heavy (non-hydrogen) atoms. The normalized spacial score (nSPS) is 10.1. The van der Waals surface area contributed by atoms with E-state index in [0.29, 0.717) is 18.9 Å². The Morgan fingerprint density at radius 1 is 1.10 bits per heavy atom. The molecule has 0 aromatic heterocycles. The molecule has 0 radical (unpaired) electrons. The average Bonchev–Trinajstić information content (AvgIpc) is 2.52. The van der Waals surface area contributed by atoms with Crippen molar-refractivity contribution >= 4 is 17.7 Å². The van der Waals surface area contributed by atoms with E-state index in [1.807, 2.05) is 30.3 Å². The monoisotopic (exact) mass is 303 g/mol. The molecule has 2 aromatic carbocycles. The molecule has 4 nitrogen and oxygen atoms in total. The Hall–Kier alpha value is -2.14. The van der Waals surface area contributed by atoms with Gasteiger partial charge in [-0.3, -0.25) is 4.79 Å². The van der Waals surface area contributed by atoms with Crippen molar-refractivity contribution in [1.29, 1.82) is 0 Å². The fourth-order valence-electron chi connectivity index (χ4n) is 1.62. The second-order valence-electron chi connectivity index (χ2n) is 4.29. The van der Waals surface area contributed by atoms with E-state index >= 15 is 0 Å². The first kappa shape index (κ1) is 15.3. The van der Waals surface area contributed by atoms with Gasteiger partial charge in [-0.15, -0.1) is 11.8 Å².